The Hall–Kier alpha value is -1.92. The summed E-state index contributed by atoms with van der Waals surface area (Å²) in [6.07, 6.45) is 5.01. The minimum atomic E-state index is -0.440. The summed E-state index contributed by atoms with van der Waals surface area (Å²) in [7, 11) is 0. The van der Waals surface area contributed by atoms with Crippen LogP contribution in [0.5, 0.6) is 5.75 Å². The molecule has 1 fully saturated rings. The number of aromatic nitrogens is 1. The lowest BCUT2D eigenvalue weighted by atomic mass is 10.0. The first-order chi connectivity index (χ1) is 12.3. The van der Waals surface area contributed by atoms with Crippen molar-refractivity contribution in [3.05, 3.63) is 40.9 Å². The van der Waals surface area contributed by atoms with Crippen LogP contribution >= 0.6 is 11.3 Å². The molecule has 1 amide bonds. The standard InChI is InChI=1S/C19H23N3O2S/c23-18(17-9-8-14-6-2-3-7-16(14)24-17)21-19-20-15(13-25-19)12-22-10-4-1-5-11-22/h2-3,6-7,13,17H,1,4-5,8-12H2,(H,20,21,23). The number of benzene rings is 1. The number of thiazole rings is 1. The second-order valence-electron chi connectivity index (χ2n) is 6.72. The van der Waals surface area contributed by atoms with Crippen molar-refractivity contribution in [2.24, 2.45) is 0 Å². The third-order valence-electron chi connectivity index (χ3n) is 4.83. The molecule has 132 valence electrons. The average Bonchev–Trinajstić information content (AvgIpc) is 3.09. The van der Waals surface area contributed by atoms with Crippen molar-refractivity contribution in [3.63, 3.8) is 0 Å². The van der Waals surface area contributed by atoms with Crippen LogP contribution in [0.2, 0.25) is 0 Å². The number of likely N-dealkylation sites (tertiary alicyclic amines) is 1. The van der Waals surface area contributed by atoms with Crippen LogP contribution in [0, 0.1) is 0 Å². The van der Waals surface area contributed by atoms with Crippen LogP contribution in [0.3, 0.4) is 0 Å². The minimum Gasteiger partial charge on any atom is -0.480 e. The maximum absolute atomic E-state index is 12.5. The number of anilines is 1. The SMILES string of the molecule is O=C(Nc1nc(CN2CCCCC2)cs1)C1CCc2ccccc2O1. The first-order valence-corrected chi connectivity index (χ1v) is 9.88. The van der Waals surface area contributed by atoms with Crippen molar-refractivity contribution in [2.45, 2.75) is 44.8 Å². The zero-order valence-corrected chi connectivity index (χ0v) is 15.1. The molecule has 1 N–H and O–H groups in total. The van der Waals surface area contributed by atoms with E-state index in [4.69, 9.17) is 4.74 Å². The molecule has 1 unspecified atom stereocenters. The molecule has 1 atom stereocenters. The predicted octanol–water partition coefficient (Wildman–Crippen LogP) is 3.46. The Kier molecular flexibility index (Phi) is 4.99. The number of nitrogens with one attached hydrogen (secondary N) is 1. The number of ether oxygens (including phenoxy) is 1. The highest BCUT2D eigenvalue weighted by molar-refractivity contribution is 7.13. The number of para-hydroxylation sites is 1. The molecule has 2 aliphatic heterocycles. The summed E-state index contributed by atoms with van der Waals surface area (Å²) in [5.41, 5.74) is 2.21. The van der Waals surface area contributed by atoms with Gasteiger partial charge in [0.25, 0.3) is 5.91 Å². The van der Waals surface area contributed by atoms with Crippen molar-refractivity contribution < 1.29 is 9.53 Å². The predicted molar refractivity (Wildman–Crippen MR) is 99.1 cm³/mol. The summed E-state index contributed by atoms with van der Waals surface area (Å²) in [6, 6.07) is 7.92. The number of aryl methyl sites for hydroxylation is 1. The summed E-state index contributed by atoms with van der Waals surface area (Å²) in [5, 5.41) is 5.63. The lowest BCUT2D eigenvalue weighted by Gasteiger charge is -2.25. The summed E-state index contributed by atoms with van der Waals surface area (Å²) in [5.74, 6) is 0.715. The van der Waals surface area contributed by atoms with E-state index in [-0.39, 0.29) is 5.91 Å². The van der Waals surface area contributed by atoms with Crippen molar-refractivity contribution in [2.75, 3.05) is 18.4 Å². The third kappa shape index (κ3) is 4.02. The van der Waals surface area contributed by atoms with Crippen LogP contribution < -0.4 is 10.1 Å². The van der Waals surface area contributed by atoms with Gasteiger partial charge in [-0.3, -0.25) is 15.0 Å². The van der Waals surface area contributed by atoms with E-state index in [1.54, 1.807) is 0 Å². The topological polar surface area (TPSA) is 54.5 Å². The fourth-order valence-electron chi connectivity index (χ4n) is 3.48. The molecular weight excluding hydrogens is 334 g/mol. The van der Waals surface area contributed by atoms with Gasteiger partial charge in [-0.05, 0) is 50.4 Å². The van der Waals surface area contributed by atoms with E-state index in [9.17, 15) is 4.79 Å². The summed E-state index contributed by atoms with van der Waals surface area (Å²) >= 11 is 1.49. The van der Waals surface area contributed by atoms with Crippen LogP contribution in [0.15, 0.2) is 29.6 Å². The van der Waals surface area contributed by atoms with E-state index in [1.807, 2.05) is 23.6 Å². The van der Waals surface area contributed by atoms with E-state index in [0.717, 1.165) is 37.5 Å². The Morgan fingerprint density at radius 1 is 1.28 bits per heavy atom. The highest BCUT2D eigenvalue weighted by atomic mass is 32.1. The molecule has 2 aromatic rings. The zero-order chi connectivity index (χ0) is 17.1. The number of fused-ring (bicyclic) bond motifs is 1. The van der Waals surface area contributed by atoms with Crippen molar-refractivity contribution in [1.29, 1.82) is 0 Å². The maximum atomic E-state index is 12.5. The van der Waals surface area contributed by atoms with Gasteiger partial charge in [-0.15, -0.1) is 11.3 Å². The van der Waals surface area contributed by atoms with Gasteiger partial charge in [0.1, 0.15) is 5.75 Å². The van der Waals surface area contributed by atoms with Gasteiger partial charge in [0.15, 0.2) is 11.2 Å². The Morgan fingerprint density at radius 3 is 3.00 bits per heavy atom. The van der Waals surface area contributed by atoms with E-state index in [0.29, 0.717) is 11.6 Å². The molecule has 0 radical (unpaired) electrons. The van der Waals surface area contributed by atoms with Crippen molar-refractivity contribution in [3.8, 4) is 5.75 Å². The number of carbonyl (C=O) groups excluding carboxylic acids is 1. The molecule has 1 aromatic heterocycles. The molecule has 3 heterocycles. The fourth-order valence-corrected chi connectivity index (χ4v) is 4.18. The number of hydrogen-bond donors (Lipinski definition) is 1. The molecule has 0 bridgehead atoms. The maximum Gasteiger partial charge on any atom is 0.267 e. The number of rotatable bonds is 4. The van der Waals surface area contributed by atoms with E-state index in [2.05, 4.69) is 21.3 Å². The third-order valence-corrected chi connectivity index (χ3v) is 5.63. The number of nitrogens with zero attached hydrogens (tertiary/aromatic N) is 2. The first-order valence-electron chi connectivity index (χ1n) is 9.00. The molecule has 0 aliphatic carbocycles. The number of carbonyl (C=O) groups is 1. The lowest BCUT2D eigenvalue weighted by Crippen LogP contribution is -2.35. The lowest BCUT2D eigenvalue weighted by molar-refractivity contribution is -0.123. The molecule has 25 heavy (non-hydrogen) atoms. The molecule has 5 nitrogen and oxygen atoms in total. The average molecular weight is 357 g/mol. The first kappa shape index (κ1) is 16.5. The van der Waals surface area contributed by atoms with Gasteiger partial charge in [0.2, 0.25) is 0 Å². The molecule has 6 heteroatoms. The summed E-state index contributed by atoms with van der Waals surface area (Å²) in [4.78, 5) is 19.5. The Labute approximate surface area is 152 Å². The van der Waals surface area contributed by atoms with Gasteiger partial charge < -0.3 is 4.74 Å². The second-order valence-corrected chi connectivity index (χ2v) is 7.58. The summed E-state index contributed by atoms with van der Waals surface area (Å²) in [6.45, 7) is 3.17. The molecule has 0 spiro atoms. The Morgan fingerprint density at radius 2 is 2.12 bits per heavy atom. The molecule has 4 rings (SSSR count). The monoisotopic (exact) mass is 357 g/mol. The van der Waals surface area contributed by atoms with Crippen LogP contribution in [0.4, 0.5) is 5.13 Å². The van der Waals surface area contributed by atoms with Crippen molar-refractivity contribution in [1.82, 2.24) is 9.88 Å². The van der Waals surface area contributed by atoms with Gasteiger partial charge in [-0.1, -0.05) is 24.6 Å². The van der Waals surface area contributed by atoms with Crippen LogP contribution in [0.25, 0.3) is 0 Å². The fraction of sp³-hybridized carbons (Fsp3) is 0.474. The van der Waals surface area contributed by atoms with Crippen LogP contribution in [-0.2, 0) is 17.8 Å². The quantitative estimate of drug-likeness (QED) is 0.910. The highest BCUT2D eigenvalue weighted by Crippen LogP contribution is 2.28. The van der Waals surface area contributed by atoms with Gasteiger partial charge in [-0.25, -0.2) is 4.98 Å². The number of piperidine rings is 1. The highest BCUT2D eigenvalue weighted by Gasteiger charge is 2.26. The van der Waals surface area contributed by atoms with Crippen molar-refractivity contribution >= 4 is 22.4 Å². The molecule has 1 saturated heterocycles. The van der Waals surface area contributed by atoms with Gasteiger partial charge in [0, 0.05) is 11.9 Å². The summed E-state index contributed by atoms with van der Waals surface area (Å²) < 4.78 is 5.85. The minimum absolute atomic E-state index is 0.103. The van der Waals surface area contributed by atoms with E-state index in [1.165, 1.54) is 36.2 Å². The van der Waals surface area contributed by atoms with Crippen LogP contribution in [-0.4, -0.2) is 35.0 Å². The Balaban J connectivity index is 1.34. The smallest absolute Gasteiger partial charge is 0.267 e. The van der Waals surface area contributed by atoms with Gasteiger partial charge in [0.05, 0.1) is 5.69 Å². The number of amides is 1. The van der Waals surface area contributed by atoms with Gasteiger partial charge in [-0.2, -0.15) is 0 Å². The normalized spacial score (nSPS) is 20.6. The zero-order valence-electron chi connectivity index (χ0n) is 14.2. The molecule has 2 aliphatic rings. The van der Waals surface area contributed by atoms with E-state index < -0.39 is 6.10 Å². The molecule has 1 aromatic carbocycles. The molecular formula is C19H23N3O2S. The Bertz CT molecular complexity index is 740. The number of hydrogen-bond acceptors (Lipinski definition) is 5. The largest absolute Gasteiger partial charge is 0.480 e. The second kappa shape index (κ2) is 7.54. The van der Waals surface area contributed by atoms with Crippen LogP contribution in [0.1, 0.15) is 36.9 Å². The van der Waals surface area contributed by atoms with E-state index >= 15 is 0 Å². The van der Waals surface area contributed by atoms with Gasteiger partial charge >= 0.3 is 0 Å². The molecule has 0 saturated carbocycles.